The number of carbonyl (C=O) groups is 2. The summed E-state index contributed by atoms with van der Waals surface area (Å²) in [6.07, 6.45) is 67.6. The van der Waals surface area contributed by atoms with Crippen LogP contribution in [0.5, 0.6) is 0 Å². The minimum atomic E-state index is -1.61. The van der Waals surface area contributed by atoms with Gasteiger partial charge in [-0.3, -0.25) is 9.59 Å². The van der Waals surface area contributed by atoms with E-state index in [1.807, 2.05) is 6.08 Å². The minimum absolute atomic E-state index is 0.126. The van der Waals surface area contributed by atoms with E-state index >= 15 is 0 Å². The summed E-state index contributed by atoms with van der Waals surface area (Å²) in [6.45, 7) is 5.84. The molecule has 1 heterocycles. The van der Waals surface area contributed by atoms with Crippen LogP contribution in [0.3, 0.4) is 0 Å². The number of amides is 1. The van der Waals surface area contributed by atoms with E-state index in [4.69, 9.17) is 14.2 Å². The fourth-order valence-electron chi connectivity index (χ4n) is 11.9. The monoisotopic (exact) mass is 1220 g/mol. The van der Waals surface area contributed by atoms with E-state index in [0.717, 1.165) is 57.8 Å². The number of unbranched alkanes of at least 4 members (excludes halogenated alkanes) is 47. The molecule has 0 aliphatic carbocycles. The van der Waals surface area contributed by atoms with Crippen molar-refractivity contribution in [2.75, 3.05) is 13.2 Å². The number of allylic oxidation sites excluding steroid dienone is 5. The van der Waals surface area contributed by atoms with Crippen molar-refractivity contribution in [1.82, 2.24) is 5.32 Å². The Morgan fingerprint density at radius 2 is 0.767 bits per heavy atom. The van der Waals surface area contributed by atoms with Crippen LogP contribution in [0, 0.1) is 0 Å². The fraction of sp³-hybridized carbons (Fsp3) is 0.893. The molecule has 1 aliphatic heterocycles. The maximum atomic E-state index is 13.5. The largest absolute Gasteiger partial charge is 0.454 e. The van der Waals surface area contributed by atoms with Crippen molar-refractivity contribution in [2.24, 2.45) is 0 Å². The average molecular weight is 1220 g/mol. The van der Waals surface area contributed by atoms with Crippen molar-refractivity contribution in [3.63, 3.8) is 0 Å². The summed E-state index contributed by atoms with van der Waals surface area (Å²) < 4.78 is 17.7. The van der Waals surface area contributed by atoms with Crippen LogP contribution in [0.15, 0.2) is 36.5 Å². The van der Waals surface area contributed by atoms with Gasteiger partial charge >= 0.3 is 5.97 Å². The summed E-state index contributed by atoms with van der Waals surface area (Å²) in [5.74, 6) is -1.18. The molecule has 8 unspecified atom stereocenters. The lowest BCUT2D eigenvalue weighted by molar-refractivity contribution is -0.305. The van der Waals surface area contributed by atoms with Gasteiger partial charge < -0.3 is 45.1 Å². The first-order valence-electron chi connectivity index (χ1n) is 37.3. The molecule has 1 amide bonds. The number of ether oxygens (including phenoxy) is 3. The van der Waals surface area contributed by atoms with Gasteiger partial charge in [0.05, 0.1) is 25.4 Å². The third kappa shape index (κ3) is 49.6. The van der Waals surface area contributed by atoms with Crippen LogP contribution in [0.1, 0.15) is 367 Å². The Labute approximate surface area is 530 Å². The maximum Gasteiger partial charge on any atom is 0.306 e. The van der Waals surface area contributed by atoms with Gasteiger partial charge in [-0.2, -0.15) is 0 Å². The number of aliphatic hydroxyl groups excluding tert-OH is 5. The predicted octanol–water partition coefficient (Wildman–Crippen LogP) is 19.4. The Bertz CT molecular complexity index is 1540. The quantitative estimate of drug-likeness (QED) is 0.0195. The predicted molar refractivity (Wildman–Crippen MR) is 361 cm³/mol. The average Bonchev–Trinajstić information content (AvgIpc) is 3.68. The molecule has 6 N–H and O–H groups in total. The van der Waals surface area contributed by atoms with Crippen molar-refractivity contribution in [1.29, 1.82) is 0 Å². The molecule has 11 heteroatoms. The zero-order valence-corrected chi connectivity index (χ0v) is 56.5. The van der Waals surface area contributed by atoms with E-state index in [9.17, 15) is 35.1 Å². The molecule has 0 spiro atoms. The molecule has 0 aromatic carbocycles. The van der Waals surface area contributed by atoms with Crippen molar-refractivity contribution >= 4 is 11.9 Å². The van der Waals surface area contributed by atoms with E-state index < -0.39 is 67.4 Å². The Morgan fingerprint density at radius 3 is 1.13 bits per heavy atom. The molecule has 0 aromatic heterocycles. The van der Waals surface area contributed by atoms with Crippen LogP contribution < -0.4 is 5.32 Å². The zero-order valence-electron chi connectivity index (χ0n) is 56.5. The SMILES string of the molecule is CCCCCCCC/C=C/CCCCCCCCCCCCCCCCC(O)C(=O)NC(COC1OC(CO)C(O)C(O)C1OC(=O)CCCCCCCCCCCCC/C=C/CCCCCCCC)C(O)/C=C/CCCCCCCCCCCC. The number of hydrogen-bond acceptors (Lipinski definition) is 10. The van der Waals surface area contributed by atoms with E-state index in [1.165, 1.54) is 263 Å². The van der Waals surface area contributed by atoms with Crippen LogP contribution in [-0.4, -0.2) is 99.6 Å². The minimum Gasteiger partial charge on any atom is -0.454 e. The third-order valence-electron chi connectivity index (χ3n) is 17.8. The Morgan fingerprint density at radius 1 is 0.442 bits per heavy atom. The van der Waals surface area contributed by atoms with Crippen molar-refractivity contribution in [3.05, 3.63) is 36.5 Å². The standard InChI is InChI=1S/C75H141NO10/c1-4-7-10-13-16-19-22-25-27-29-31-33-34-35-37-38-40-42-44-47-50-53-56-59-62-68(79)74(83)76-66(67(78)61-58-55-52-49-46-24-21-18-15-12-9-6-3)65-84-75-73(72(82)71(81)69(64-77)85-75)86-70(80)63-60-57-54-51-48-45-43-41-39-36-32-30-28-26-23-20-17-14-11-8-5-2/h25-28,58,61,66-69,71-73,75,77-79,81-82H,4-24,29-57,59-60,62-65H2,1-3H3,(H,76,83)/b27-25+,28-26+,61-58+. The second-order valence-corrected chi connectivity index (χ2v) is 26.0. The summed E-state index contributed by atoms with van der Waals surface area (Å²) in [5, 5.41) is 57.3. The van der Waals surface area contributed by atoms with Crippen molar-refractivity contribution in [2.45, 2.75) is 416 Å². The van der Waals surface area contributed by atoms with Crippen LogP contribution in [0.2, 0.25) is 0 Å². The number of nitrogens with one attached hydrogen (secondary N) is 1. The second kappa shape index (κ2) is 63.0. The molecule has 0 bridgehead atoms. The first-order valence-corrected chi connectivity index (χ1v) is 37.3. The lowest BCUT2D eigenvalue weighted by atomic mass is 9.99. The highest BCUT2D eigenvalue weighted by atomic mass is 16.7. The number of rotatable bonds is 65. The van der Waals surface area contributed by atoms with Gasteiger partial charge in [0.15, 0.2) is 12.4 Å². The lowest BCUT2D eigenvalue weighted by Crippen LogP contribution is -2.61. The second-order valence-electron chi connectivity index (χ2n) is 26.0. The summed E-state index contributed by atoms with van der Waals surface area (Å²) >= 11 is 0. The van der Waals surface area contributed by atoms with Gasteiger partial charge in [-0.1, -0.05) is 320 Å². The number of aliphatic hydroxyl groups is 5. The fourth-order valence-corrected chi connectivity index (χ4v) is 11.9. The Hall–Kier alpha value is -2.12. The summed E-state index contributed by atoms with van der Waals surface area (Å²) in [4.78, 5) is 26.7. The normalized spacial score (nSPS) is 18.4. The molecular weight excluding hydrogens is 1070 g/mol. The molecule has 1 rings (SSSR count). The summed E-state index contributed by atoms with van der Waals surface area (Å²) in [6, 6.07) is -1.02. The molecule has 1 aliphatic rings. The topological polar surface area (TPSA) is 175 Å². The highest BCUT2D eigenvalue weighted by molar-refractivity contribution is 5.80. The Balaban J connectivity index is 2.54. The first-order chi connectivity index (χ1) is 42.2. The van der Waals surface area contributed by atoms with Gasteiger partial charge in [0.25, 0.3) is 0 Å². The van der Waals surface area contributed by atoms with Gasteiger partial charge in [-0.25, -0.2) is 0 Å². The van der Waals surface area contributed by atoms with Crippen LogP contribution in [0.25, 0.3) is 0 Å². The zero-order chi connectivity index (χ0) is 62.4. The smallest absolute Gasteiger partial charge is 0.306 e. The number of carbonyl (C=O) groups excluding carboxylic acids is 2. The first kappa shape index (κ1) is 81.9. The van der Waals surface area contributed by atoms with E-state index in [2.05, 4.69) is 50.4 Å². The molecule has 11 nitrogen and oxygen atoms in total. The van der Waals surface area contributed by atoms with Gasteiger partial charge in [0.2, 0.25) is 5.91 Å². The van der Waals surface area contributed by atoms with Crippen molar-refractivity contribution in [3.8, 4) is 0 Å². The molecule has 86 heavy (non-hydrogen) atoms. The molecular formula is C75H141NO10. The molecule has 0 saturated carbocycles. The summed E-state index contributed by atoms with van der Waals surface area (Å²) in [7, 11) is 0. The van der Waals surface area contributed by atoms with Gasteiger partial charge in [-0.05, 0) is 77.0 Å². The molecule has 0 aromatic rings. The van der Waals surface area contributed by atoms with E-state index in [1.54, 1.807) is 6.08 Å². The number of hydrogen-bond donors (Lipinski definition) is 6. The van der Waals surface area contributed by atoms with Crippen LogP contribution >= 0.6 is 0 Å². The van der Waals surface area contributed by atoms with Gasteiger partial charge in [0.1, 0.15) is 24.4 Å². The van der Waals surface area contributed by atoms with Gasteiger partial charge in [-0.15, -0.1) is 0 Å². The Kier molecular flexibility index (Phi) is 60.0. The third-order valence-corrected chi connectivity index (χ3v) is 17.8. The molecule has 1 fully saturated rings. The highest BCUT2D eigenvalue weighted by Gasteiger charge is 2.47. The van der Waals surface area contributed by atoms with Crippen LogP contribution in [0.4, 0.5) is 0 Å². The molecule has 0 radical (unpaired) electrons. The maximum absolute atomic E-state index is 13.5. The lowest BCUT2D eigenvalue weighted by Gasteiger charge is -2.41. The van der Waals surface area contributed by atoms with E-state index in [-0.39, 0.29) is 13.0 Å². The molecule has 8 atom stereocenters. The molecule has 1 saturated heterocycles. The highest BCUT2D eigenvalue weighted by Crippen LogP contribution is 2.27. The summed E-state index contributed by atoms with van der Waals surface area (Å²) in [5.41, 5.74) is 0. The molecule has 506 valence electrons. The van der Waals surface area contributed by atoms with Crippen LogP contribution in [-0.2, 0) is 23.8 Å². The number of esters is 1. The van der Waals surface area contributed by atoms with Gasteiger partial charge in [0, 0.05) is 6.42 Å². The van der Waals surface area contributed by atoms with E-state index in [0.29, 0.717) is 19.3 Å². The van der Waals surface area contributed by atoms with Crippen molar-refractivity contribution < 1.29 is 49.3 Å².